The second-order valence-corrected chi connectivity index (χ2v) is 2.75. The first-order valence-corrected chi connectivity index (χ1v) is 4.24. The molecule has 0 amide bonds. The van der Waals surface area contributed by atoms with Crippen molar-refractivity contribution in [3.63, 3.8) is 0 Å². The van der Waals surface area contributed by atoms with Gasteiger partial charge in [-0.1, -0.05) is 30.3 Å². The molecule has 0 saturated heterocycles. The zero-order chi connectivity index (χ0) is 11.7. The van der Waals surface area contributed by atoms with Crippen molar-refractivity contribution in [1.82, 2.24) is 0 Å². The van der Waals surface area contributed by atoms with Crippen LogP contribution < -0.4 is 5.73 Å². The standard InChI is InChI=1S/C9H11NO2.BH2O2/c10-8(9(11)12)6-7-4-2-1-3-5-7;2-1-3/h1-5,8H,6,10H2,(H,11,12);2-3H/t8-;/m0./s1. The van der Waals surface area contributed by atoms with Crippen molar-refractivity contribution >= 4 is 13.7 Å². The van der Waals surface area contributed by atoms with E-state index in [1.54, 1.807) is 0 Å². The van der Waals surface area contributed by atoms with E-state index < -0.39 is 12.0 Å². The predicted molar refractivity (Wildman–Crippen MR) is 55.9 cm³/mol. The zero-order valence-electron chi connectivity index (χ0n) is 8.08. The maximum absolute atomic E-state index is 10.4. The highest BCUT2D eigenvalue weighted by atomic mass is 16.4. The molecule has 5 N–H and O–H groups in total. The molecule has 1 aromatic carbocycles. The highest BCUT2D eigenvalue weighted by Crippen LogP contribution is 2.01. The molecule has 0 aliphatic carbocycles. The number of carbonyl (C=O) groups is 1. The average molecular weight is 210 g/mol. The Labute approximate surface area is 88.5 Å². The van der Waals surface area contributed by atoms with Crippen molar-refractivity contribution in [3.8, 4) is 0 Å². The third kappa shape index (κ3) is 6.67. The summed E-state index contributed by atoms with van der Waals surface area (Å²) in [7, 11) is 0. The molecule has 0 aliphatic rings. The van der Waals surface area contributed by atoms with Gasteiger partial charge in [0.15, 0.2) is 0 Å². The Morgan fingerprint density at radius 2 is 1.80 bits per heavy atom. The van der Waals surface area contributed by atoms with Crippen LogP contribution in [0.4, 0.5) is 0 Å². The molecule has 15 heavy (non-hydrogen) atoms. The average Bonchev–Trinajstić information content (AvgIpc) is 2.20. The lowest BCUT2D eigenvalue weighted by atomic mass is 10.1. The molecule has 0 fully saturated rings. The fourth-order valence-electron chi connectivity index (χ4n) is 0.955. The lowest BCUT2D eigenvalue weighted by molar-refractivity contribution is -0.138. The van der Waals surface area contributed by atoms with E-state index in [-0.39, 0.29) is 7.69 Å². The van der Waals surface area contributed by atoms with Gasteiger partial charge >= 0.3 is 13.7 Å². The monoisotopic (exact) mass is 210 g/mol. The molecule has 0 spiro atoms. The van der Waals surface area contributed by atoms with Crippen LogP contribution in [-0.4, -0.2) is 34.9 Å². The molecule has 0 aromatic heterocycles. The minimum Gasteiger partial charge on any atom is -0.480 e. The molecule has 0 unspecified atom stereocenters. The molecule has 5 nitrogen and oxygen atoms in total. The van der Waals surface area contributed by atoms with Crippen LogP contribution in [0.25, 0.3) is 0 Å². The summed E-state index contributed by atoms with van der Waals surface area (Å²) in [4.78, 5) is 10.4. The summed E-state index contributed by atoms with van der Waals surface area (Å²) in [6.07, 6.45) is 0.385. The molecule has 0 bridgehead atoms. The van der Waals surface area contributed by atoms with E-state index in [1.165, 1.54) is 0 Å². The molecule has 1 aromatic rings. The van der Waals surface area contributed by atoms with Gasteiger partial charge in [0, 0.05) is 0 Å². The molecule has 1 atom stereocenters. The van der Waals surface area contributed by atoms with E-state index in [2.05, 4.69) is 0 Å². The van der Waals surface area contributed by atoms with Crippen LogP contribution in [0.2, 0.25) is 0 Å². The molecule has 1 radical (unpaired) electrons. The Balaban J connectivity index is 0.000000583. The van der Waals surface area contributed by atoms with Gasteiger partial charge < -0.3 is 20.9 Å². The van der Waals surface area contributed by atoms with Crippen molar-refractivity contribution in [1.29, 1.82) is 0 Å². The zero-order valence-corrected chi connectivity index (χ0v) is 8.08. The number of hydrogen-bond acceptors (Lipinski definition) is 4. The van der Waals surface area contributed by atoms with Crippen LogP contribution in [0.1, 0.15) is 5.56 Å². The summed E-state index contributed by atoms with van der Waals surface area (Å²) in [5.74, 6) is -0.959. The van der Waals surface area contributed by atoms with Gasteiger partial charge in [-0.2, -0.15) is 0 Å². The number of benzene rings is 1. The van der Waals surface area contributed by atoms with Crippen molar-refractivity contribution in [2.45, 2.75) is 12.5 Å². The van der Waals surface area contributed by atoms with Crippen molar-refractivity contribution in [2.75, 3.05) is 0 Å². The van der Waals surface area contributed by atoms with Gasteiger partial charge in [-0.25, -0.2) is 0 Å². The van der Waals surface area contributed by atoms with Gasteiger partial charge in [0.1, 0.15) is 6.04 Å². The molecular formula is C9H13BNO4. The number of rotatable bonds is 3. The molecule has 6 heteroatoms. The Morgan fingerprint density at radius 1 is 1.33 bits per heavy atom. The van der Waals surface area contributed by atoms with Gasteiger partial charge in [-0.15, -0.1) is 0 Å². The fraction of sp³-hybridized carbons (Fsp3) is 0.222. The summed E-state index contributed by atoms with van der Waals surface area (Å²) >= 11 is 0. The number of aliphatic carboxylic acids is 1. The fourth-order valence-corrected chi connectivity index (χ4v) is 0.955. The number of hydrogen-bond donors (Lipinski definition) is 4. The summed E-state index contributed by atoms with van der Waals surface area (Å²) in [6, 6.07) is 8.54. The van der Waals surface area contributed by atoms with E-state index in [0.29, 0.717) is 6.42 Å². The second-order valence-electron chi connectivity index (χ2n) is 2.75. The summed E-state index contributed by atoms with van der Waals surface area (Å²) in [6.45, 7) is 0. The van der Waals surface area contributed by atoms with E-state index in [0.717, 1.165) is 5.56 Å². The molecule has 0 aliphatic heterocycles. The maximum atomic E-state index is 10.4. The summed E-state index contributed by atoms with van der Waals surface area (Å²) < 4.78 is 0. The molecular weight excluding hydrogens is 197 g/mol. The van der Waals surface area contributed by atoms with Crippen LogP contribution in [0.15, 0.2) is 30.3 Å². The first-order valence-electron chi connectivity index (χ1n) is 4.24. The highest BCUT2D eigenvalue weighted by molar-refractivity contribution is 6.13. The van der Waals surface area contributed by atoms with E-state index in [9.17, 15) is 4.79 Å². The van der Waals surface area contributed by atoms with Crippen LogP contribution >= 0.6 is 0 Å². The van der Waals surface area contributed by atoms with Gasteiger partial charge in [0.05, 0.1) is 0 Å². The first kappa shape index (κ1) is 13.6. The first-order chi connectivity index (χ1) is 7.11. The van der Waals surface area contributed by atoms with Crippen molar-refractivity contribution in [3.05, 3.63) is 35.9 Å². The minimum atomic E-state index is -0.959. The molecule has 1 rings (SSSR count). The second kappa shape index (κ2) is 7.99. The van der Waals surface area contributed by atoms with Gasteiger partial charge in [0.2, 0.25) is 0 Å². The third-order valence-electron chi connectivity index (χ3n) is 1.62. The highest BCUT2D eigenvalue weighted by Gasteiger charge is 2.10. The van der Waals surface area contributed by atoms with Crippen molar-refractivity contribution < 1.29 is 19.9 Å². The maximum Gasteiger partial charge on any atom is 0.482 e. The Bertz CT molecular complexity index is 281. The van der Waals surface area contributed by atoms with Crippen LogP contribution in [0.3, 0.4) is 0 Å². The van der Waals surface area contributed by atoms with Gasteiger partial charge in [0.25, 0.3) is 0 Å². The van der Waals surface area contributed by atoms with Gasteiger partial charge in [-0.05, 0) is 12.0 Å². The van der Waals surface area contributed by atoms with E-state index in [1.807, 2.05) is 30.3 Å². The Kier molecular flexibility index (Phi) is 7.26. The Morgan fingerprint density at radius 3 is 2.20 bits per heavy atom. The largest absolute Gasteiger partial charge is 0.482 e. The van der Waals surface area contributed by atoms with E-state index in [4.69, 9.17) is 20.9 Å². The van der Waals surface area contributed by atoms with Crippen LogP contribution in [0, 0.1) is 0 Å². The molecule has 0 heterocycles. The number of carboxylic acid groups (broad SMARTS) is 1. The summed E-state index contributed by atoms with van der Waals surface area (Å²) in [5.41, 5.74) is 6.30. The number of carboxylic acids is 1. The van der Waals surface area contributed by atoms with E-state index >= 15 is 0 Å². The summed E-state index contributed by atoms with van der Waals surface area (Å²) in [5, 5.41) is 22.5. The predicted octanol–water partition coefficient (Wildman–Crippen LogP) is -0.854. The Hall–Kier alpha value is -1.37. The van der Waals surface area contributed by atoms with Gasteiger partial charge in [-0.3, -0.25) is 4.79 Å². The molecule has 0 saturated carbocycles. The van der Waals surface area contributed by atoms with Crippen LogP contribution in [-0.2, 0) is 11.2 Å². The third-order valence-corrected chi connectivity index (χ3v) is 1.62. The number of nitrogens with two attached hydrogens (primary N) is 1. The van der Waals surface area contributed by atoms with Crippen LogP contribution in [0.5, 0.6) is 0 Å². The lowest BCUT2D eigenvalue weighted by Crippen LogP contribution is -2.32. The van der Waals surface area contributed by atoms with Crippen molar-refractivity contribution in [2.24, 2.45) is 5.73 Å². The topological polar surface area (TPSA) is 104 Å². The minimum absolute atomic E-state index is 0. The smallest absolute Gasteiger partial charge is 0.480 e. The lowest BCUT2D eigenvalue weighted by Gasteiger charge is -2.04. The SMILES string of the molecule is N[C@@H](Cc1ccccc1)C(=O)O.O[B]O. The molecule has 81 valence electrons. The normalized spacial score (nSPS) is 10.9. The quantitative estimate of drug-likeness (QED) is 0.486.